The van der Waals surface area contributed by atoms with Gasteiger partial charge in [-0.2, -0.15) is 0 Å². The standard InChI is InChI=1S/C9H20N2O3Si/c1-7-8-11(9(12)10(2)3)15(6,13-4)14-5/h7H,1,8H2,2-6H3. The molecule has 0 spiro atoms. The van der Waals surface area contributed by atoms with Gasteiger partial charge in [0.1, 0.15) is 0 Å². The lowest BCUT2D eigenvalue weighted by atomic mass is 10.6. The second kappa shape index (κ2) is 5.89. The van der Waals surface area contributed by atoms with Crippen LogP contribution in [-0.4, -0.2) is 59.1 Å². The van der Waals surface area contributed by atoms with Crippen LogP contribution < -0.4 is 0 Å². The van der Waals surface area contributed by atoms with Crippen molar-refractivity contribution in [3.8, 4) is 0 Å². The Balaban J connectivity index is 4.93. The van der Waals surface area contributed by atoms with Gasteiger partial charge in [-0.3, -0.25) is 0 Å². The molecule has 0 aromatic carbocycles. The normalized spacial score (nSPS) is 11.0. The first-order valence-corrected chi connectivity index (χ1v) is 6.89. The minimum Gasteiger partial charge on any atom is -0.382 e. The molecular formula is C9H20N2O3Si. The zero-order valence-electron chi connectivity index (χ0n) is 10.1. The second-order valence-corrected chi connectivity index (χ2v) is 6.53. The fourth-order valence-corrected chi connectivity index (χ4v) is 2.71. The van der Waals surface area contributed by atoms with Crippen LogP contribution in [0, 0.1) is 0 Å². The zero-order valence-corrected chi connectivity index (χ0v) is 11.1. The molecule has 0 aliphatic carbocycles. The lowest BCUT2D eigenvalue weighted by Gasteiger charge is -2.36. The highest BCUT2D eigenvalue weighted by atomic mass is 28.4. The number of amides is 2. The van der Waals surface area contributed by atoms with Gasteiger partial charge in [-0.1, -0.05) is 6.08 Å². The number of nitrogens with zero attached hydrogens (tertiary/aromatic N) is 2. The number of rotatable bonds is 5. The summed E-state index contributed by atoms with van der Waals surface area (Å²) >= 11 is 0. The third-order valence-electron chi connectivity index (χ3n) is 2.17. The Morgan fingerprint density at radius 1 is 1.40 bits per heavy atom. The molecule has 0 rings (SSSR count). The van der Waals surface area contributed by atoms with Gasteiger partial charge in [-0.15, -0.1) is 6.58 Å². The number of carbonyl (C=O) groups excluding carboxylic acids is 1. The summed E-state index contributed by atoms with van der Waals surface area (Å²) in [7, 11) is 3.88. The van der Waals surface area contributed by atoms with Crippen LogP contribution in [-0.2, 0) is 8.85 Å². The van der Waals surface area contributed by atoms with Gasteiger partial charge < -0.3 is 18.3 Å². The highest BCUT2D eigenvalue weighted by Gasteiger charge is 2.41. The quantitative estimate of drug-likeness (QED) is 0.525. The molecule has 5 nitrogen and oxygen atoms in total. The summed E-state index contributed by atoms with van der Waals surface area (Å²) in [5.41, 5.74) is 0. The van der Waals surface area contributed by atoms with Gasteiger partial charge >= 0.3 is 14.8 Å². The zero-order chi connectivity index (χ0) is 12.1. The van der Waals surface area contributed by atoms with Gasteiger partial charge in [0.05, 0.1) is 0 Å². The molecule has 88 valence electrons. The number of urea groups is 1. The first-order chi connectivity index (χ1) is 6.92. The van der Waals surface area contributed by atoms with Crippen molar-refractivity contribution in [1.29, 1.82) is 0 Å². The van der Waals surface area contributed by atoms with Crippen LogP contribution in [0.4, 0.5) is 4.79 Å². The molecule has 0 atom stereocenters. The van der Waals surface area contributed by atoms with E-state index in [4.69, 9.17) is 8.85 Å². The molecule has 6 heteroatoms. The van der Waals surface area contributed by atoms with Crippen molar-refractivity contribution < 1.29 is 13.6 Å². The van der Waals surface area contributed by atoms with Gasteiger partial charge in [0.15, 0.2) is 0 Å². The highest BCUT2D eigenvalue weighted by Crippen LogP contribution is 2.13. The summed E-state index contributed by atoms with van der Waals surface area (Å²) < 4.78 is 12.2. The molecule has 0 unspecified atom stereocenters. The first kappa shape index (κ1) is 14.1. The van der Waals surface area contributed by atoms with E-state index in [9.17, 15) is 4.79 Å². The predicted octanol–water partition coefficient (Wildman–Crippen LogP) is 1.02. The number of carbonyl (C=O) groups is 1. The first-order valence-electron chi connectivity index (χ1n) is 4.63. The van der Waals surface area contributed by atoms with E-state index < -0.39 is 8.72 Å². The van der Waals surface area contributed by atoms with Crippen LogP contribution in [0.1, 0.15) is 0 Å². The van der Waals surface area contributed by atoms with Crippen LogP contribution in [0.25, 0.3) is 0 Å². The van der Waals surface area contributed by atoms with Crippen molar-refractivity contribution >= 4 is 14.8 Å². The van der Waals surface area contributed by atoms with Gasteiger partial charge in [-0.05, 0) is 6.55 Å². The van der Waals surface area contributed by atoms with E-state index in [0.29, 0.717) is 6.54 Å². The van der Waals surface area contributed by atoms with E-state index in [1.54, 1.807) is 39.0 Å². The average molecular weight is 232 g/mol. The minimum atomic E-state index is -2.60. The lowest BCUT2D eigenvalue weighted by molar-refractivity contribution is 0.154. The molecule has 0 aromatic heterocycles. The Labute approximate surface area is 92.6 Å². The Bertz CT molecular complexity index is 229. The molecule has 0 aromatic rings. The Morgan fingerprint density at radius 2 is 1.87 bits per heavy atom. The fourth-order valence-electron chi connectivity index (χ4n) is 1.09. The van der Waals surface area contributed by atoms with Crippen LogP contribution >= 0.6 is 0 Å². The molecule has 0 bridgehead atoms. The summed E-state index contributed by atoms with van der Waals surface area (Å²) in [6.07, 6.45) is 1.66. The van der Waals surface area contributed by atoms with Crippen molar-refractivity contribution in [2.45, 2.75) is 6.55 Å². The molecule has 0 radical (unpaired) electrons. The average Bonchev–Trinajstić information content (AvgIpc) is 2.23. The van der Waals surface area contributed by atoms with E-state index in [1.165, 1.54) is 4.90 Å². The van der Waals surface area contributed by atoms with Crippen LogP contribution in [0.15, 0.2) is 12.7 Å². The number of hydrogen-bond donors (Lipinski definition) is 0. The van der Waals surface area contributed by atoms with Crippen molar-refractivity contribution in [2.24, 2.45) is 0 Å². The van der Waals surface area contributed by atoms with Crippen molar-refractivity contribution in [3.63, 3.8) is 0 Å². The van der Waals surface area contributed by atoms with Crippen molar-refractivity contribution in [2.75, 3.05) is 34.9 Å². The molecule has 0 saturated heterocycles. The number of hydrogen-bond acceptors (Lipinski definition) is 3. The molecule has 0 N–H and O–H groups in total. The maximum absolute atomic E-state index is 11.9. The summed E-state index contributed by atoms with van der Waals surface area (Å²) in [5.74, 6) is 0. The summed E-state index contributed by atoms with van der Waals surface area (Å²) in [6.45, 7) is 5.86. The maximum atomic E-state index is 11.9. The van der Waals surface area contributed by atoms with Crippen molar-refractivity contribution in [3.05, 3.63) is 12.7 Å². The molecule has 0 aliphatic rings. The van der Waals surface area contributed by atoms with Gasteiger partial charge in [-0.25, -0.2) is 4.79 Å². The van der Waals surface area contributed by atoms with Crippen molar-refractivity contribution in [1.82, 2.24) is 9.47 Å². The lowest BCUT2D eigenvalue weighted by Crippen LogP contribution is -2.60. The largest absolute Gasteiger partial charge is 0.459 e. The highest BCUT2D eigenvalue weighted by molar-refractivity contribution is 6.65. The van der Waals surface area contributed by atoms with E-state index >= 15 is 0 Å². The molecule has 2 amide bonds. The molecule has 0 heterocycles. The Morgan fingerprint density at radius 3 is 2.13 bits per heavy atom. The summed E-state index contributed by atoms with van der Waals surface area (Å²) in [5, 5.41) is 0. The van der Waals surface area contributed by atoms with Gasteiger partial charge in [0.25, 0.3) is 0 Å². The Kier molecular flexibility index (Phi) is 5.56. The molecule has 0 aliphatic heterocycles. The fraction of sp³-hybridized carbons (Fsp3) is 0.667. The monoisotopic (exact) mass is 232 g/mol. The SMILES string of the molecule is C=CCN(C(=O)N(C)C)[Si](C)(OC)OC. The van der Waals surface area contributed by atoms with E-state index in [2.05, 4.69) is 6.58 Å². The molecule has 15 heavy (non-hydrogen) atoms. The topological polar surface area (TPSA) is 42.0 Å². The molecule has 0 saturated carbocycles. The van der Waals surface area contributed by atoms with Crippen LogP contribution in [0.3, 0.4) is 0 Å². The van der Waals surface area contributed by atoms with E-state index in [-0.39, 0.29) is 6.03 Å². The van der Waals surface area contributed by atoms with Gasteiger partial charge in [0, 0.05) is 34.9 Å². The predicted molar refractivity (Wildman–Crippen MR) is 61.6 cm³/mol. The molecular weight excluding hydrogens is 212 g/mol. The smallest absolute Gasteiger partial charge is 0.382 e. The minimum absolute atomic E-state index is 0.132. The summed E-state index contributed by atoms with van der Waals surface area (Å²) in [6, 6.07) is -0.132. The molecule has 0 fully saturated rings. The maximum Gasteiger partial charge on any atom is 0.459 e. The van der Waals surface area contributed by atoms with Gasteiger partial charge in [0.2, 0.25) is 0 Å². The second-order valence-electron chi connectivity index (χ2n) is 3.38. The Hall–Kier alpha value is -0.853. The van der Waals surface area contributed by atoms with Crippen LogP contribution in [0.2, 0.25) is 6.55 Å². The third-order valence-corrected chi connectivity index (χ3v) is 5.04. The van der Waals surface area contributed by atoms with Crippen LogP contribution in [0.5, 0.6) is 0 Å². The summed E-state index contributed by atoms with van der Waals surface area (Å²) in [4.78, 5) is 13.4. The van der Waals surface area contributed by atoms with E-state index in [1.807, 2.05) is 6.55 Å². The third kappa shape index (κ3) is 3.33. The van der Waals surface area contributed by atoms with E-state index in [0.717, 1.165) is 0 Å².